The van der Waals surface area contributed by atoms with Gasteiger partial charge in [-0.2, -0.15) is 10.5 Å². The summed E-state index contributed by atoms with van der Waals surface area (Å²) < 4.78 is 2.24. The van der Waals surface area contributed by atoms with Gasteiger partial charge >= 0.3 is 0 Å². The first-order valence-electron chi connectivity index (χ1n) is 16.8. The van der Waals surface area contributed by atoms with Crippen LogP contribution in [0.1, 0.15) is 42.4 Å². The normalized spacial score (nSPS) is 19.2. The SMILES string of the molecule is CC12C=CC(C3=CCCC=C3)=CC1c1ccccc1N2c1cc(C#N)cc(-c2cc(C#N)cc(-n3c4ccccc4c4ccccc43)c2)c1. The van der Waals surface area contributed by atoms with E-state index in [1.165, 1.54) is 27.5 Å². The van der Waals surface area contributed by atoms with E-state index in [0.29, 0.717) is 11.1 Å². The van der Waals surface area contributed by atoms with Crippen LogP contribution in [0.4, 0.5) is 11.4 Å². The lowest BCUT2D eigenvalue weighted by Crippen LogP contribution is -2.42. The number of rotatable bonds is 4. The van der Waals surface area contributed by atoms with Crippen molar-refractivity contribution in [3.05, 3.63) is 173 Å². The first-order valence-corrected chi connectivity index (χ1v) is 16.8. The van der Waals surface area contributed by atoms with E-state index in [0.717, 1.165) is 52.1 Å². The Bertz CT molecular complexity index is 2510. The maximum absolute atomic E-state index is 10.3. The molecule has 0 radical (unpaired) electrons. The molecule has 4 heteroatoms. The number of anilines is 2. The highest BCUT2D eigenvalue weighted by Gasteiger charge is 2.47. The van der Waals surface area contributed by atoms with Crippen LogP contribution in [0.5, 0.6) is 0 Å². The zero-order valence-electron chi connectivity index (χ0n) is 27.1. The molecule has 2 aliphatic carbocycles. The molecular formula is C45H32N4. The van der Waals surface area contributed by atoms with Crippen LogP contribution in [0.25, 0.3) is 38.6 Å². The number of fused-ring (bicyclic) bond motifs is 6. The summed E-state index contributed by atoms with van der Waals surface area (Å²) in [7, 11) is 0. The van der Waals surface area contributed by atoms with E-state index < -0.39 is 0 Å². The van der Waals surface area contributed by atoms with Gasteiger partial charge in [0.1, 0.15) is 0 Å². The predicted molar refractivity (Wildman–Crippen MR) is 199 cm³/mol. The highest BCUT2D eigenvalue weighted by atomic mass is 15.2. The summed E-state index contributed by atoms with van der Waals surface area (Å²) in [5, 5.41) is 22.9. The fourth-order valence-electron chi connectivity index (χ4n) is 8.18. The summed E-state index contributed by atoms with van der Waals surface area (Å²) in [4.78, 5) is 2.40. The number of nitrogens with zero attached hydrogens (tertiary/aromatic N) is 4. The van der Waals surface area contributed by atoms with Gasteiger partial charge in [0.05, 0.1) is 39.8 Å². The second-order valence-corrected chi connectivity index (χ2v) is 13.3. The average Bonchev–Trinajstić information content (AvgIpc) is 3.63. The van der Waals surface area contributed by atoms with Crippen LogP contribution in [0.3, 0.4) is 0 Å². The van der Waals surface area contributed by atoms with Gasteiger partial charge in [0, 0.05) is 33.8 Å². The zero-order chi connectivity index (χ0) is 33.1. The van der Waals surface area contributed by atoms with Crippen molar-refractivity contribution < 1.29 is 0 Å². The summed E-state index contributed by atoms with van der Waals surface area (Å²) in [5.41, 5.74) is 11.5. The molecule has 0 spiro atoms. The van der Waals surface area contributed by atoms with Crippen LogP contribution < -0.4 is 4.90 Å². The van der Waals surface area contributed by atoms with Crippen molar-refractivity contribution >= 4 is 33.2 Å². The van der Waals surface area contributed by atoms with Crippen molar-refractivity contribution in [1.82, 2.24) is 4.57 Å². The van der Waals surface area contributed by atoms with Crippen molar-refractivity contribution in [3.63, 3.8) is 0 Å². The molecule has 2 atom stereocenters. The molecule has 0 N–H and O–H groups in total. The minimum Gasteiger partial charge on any atom is -0.331 e. The van der Waals surface area contributed by atoms with E-state index >= 15 is 0 Å². The quantitative estimate of drug-likeness (QED) is 0.195. The maximum atomic E-state index is 10.3. The van der Waals surface area contributed by atoms with E-state index in [9.17, 15) is 10.5 Å². The lowest BCUT2D eigenvalue weighted by molar-refractivity contribution is 0.540. The maximum Gasteiger partial charge on any atom is 0.0992 e. The number of hydrogen-bond donors (Lipinski definition) is 0. The Morgan fingerprint density at radius 1 is 0.673 bits per heavy atom. The summed E-state index contributed by atoms with van der Waals surface area (Å²) in [5.74, 6) is 0.137. The highest BCUT2D eigenvalue weighted by molar-refractivity contribution is 6.09. The topological polar surface area (TPSA) is 55.8 Å². The summed E-state index contributed by atoms with van der Waals surface area (Å²) >= 11 is 0. The van der Waals surface area contributed by atoms with Crippen LogP contribution in [-0.4, -0.2) is 10.1 Å². The first-order chi connectivity index (χ1) is 24.1. The fraction of sp³-hybridized carbons (Fsp3) is 0.111. The number of benzene rings is 5. The Kier molecular flexibility index (Phi) is 6.54. The third-order valence-corrected chi connectivity index (χ3v) is 10.4. The number of aromatic nitrogens is 1. The molecule has 6 aromatic rings. The van der Waals surface area contributed by atoms with Gasteiger partial charge in [0.25, 0.3) is 0 Å². The molecule has 0 saturated heterocycles. The third-order valence-electron chi connectivity index (χ3n) is 10.4. The Morgan fingerprint density at radius 3 is 1.98 bits per heavy atom. The lowest BCUT2D eigenvalue weighted by atomic mass is 9.77. The molecule has 49 heavy (non-hydrogen) atoms. The van der Waals surface area contributed by atoms with Crippen molar-refractivity contribution in [2.24, 2.45) is 0 Å². The molecule has 0 fully saturated rings. The van der Waals surface area contributed by atoms with Gasteiger partial charge in [0.2, 0.25) is 0 Å². The number of nitriles is 2. The van der Waals surface area contributed by atoms with Gasteiger partial charge in [-0.15, -0.1) is 0 Å². The van der Waals surface area contributed by atoms with E-state index in [1.807, 2.05) is 24.3 Å². The van der Waals surface area contributed by atoms with Gasteiger partial charge < -0.3 is 9.47 Å². The molecule has 1 aromatic heterocycles. The Balaban J connectivity index is 1.21. The molecule has 3 aliphatic rings. The minimum atomic E-state index is -0.375. The predicted octanol–water partition coefficient (Wildman–Crippen LogP) is 11.0. The molecule has 2 heterocycles. The molecule has 232 valence electrons. The fourth-order valence-corrected chi connectivity index (χ4v) is 8.18. The number of allylic oxidation sites excluding steroid dienone is 6. The van der Waals surface area contributed by atoms with Gasteiger partial charge in [-0.1, -0.05) is 91.1 Å². The van der Waals surface area contributed by atoms with Crippen LogP contribution in [0.15, 0.2) is 157 Å². The lowest BCUT2D eigenvalue weighted by Gasteiger charge is -2.40. The smallest absolute Gasteiger partial charge is 0.0992 e. The minimum absolute atomic E-state index is 0.137. The molecule has 9 rings (SSSR count). The van der Waals surface area contributed by atoms with Gasteiger partial charge in [0.15, 0.2) is 0 Å². The van der Waals surface area contributed by atoms with Crippen LogP contribution >= 0.6 is 0 Å². The second-order valence-electron chi connectivity index (χ2n) is 13.3. The molecule has 4 nitrogen and oxygen atoms in total. The largest absolute Gasteiger partial charge is 0.331 e. The van der Waals surface area contributed by atoms with Crippen LogP contribution in [-0.2, 0) is 0 Å². The number of para-hydroxylation sites is 3. The van der Waals surface area contributed by atoms with E-state index in [-0.39, 0.29) is 11.5 Å². The van der Waals surface area contributed by atoms with Gasteiger partial charge in [-0.05, 0) is 102 Å². The van der Waals surface area contributed by atoms with Crippen LogP contribution in [0, 0.1) is 22.7 Å². The molecule has 0 amide bonds. The average molecular weight is 629 g/mol. The van der Waals surface area contributed by atoms with Crippen molar-refractivity contribution in [2.45, 2.75) is 31.2 Å². The van der Waals surface area contributed by atoms with Crippen molar-refractivity contribution in [1.29, 1.82) is 10.5 Å². The molecule has 0 bridgehead atoms. The van der Waals surface area contributed by atoms with E-state index in [4.69, 9.17) is 0 Å². The Morgan fingerprint density at radius 2 is 1.31 bits per heavy atom. The Hall–Kier alpha value is -6.36. The van der Waals surface area contributed by atoms with E-state index in [1.54, 1.807) is 0 Å². The standard InChI is InChI=1S/C45H32N4/c1-45-20-19-33(32-11-3-2-4-12-32)27-41(45)40-15-7-10-18-44(40)49(45)37-24-31(29-47)22-35(26-37)34-21-30(28-46)23-36(25-34)48-42-16-8-5-13-38(42)39-14-6-9-17-43(39)48/h3,5-27,41H,2,4H2,1H3. The van der Waals surface area contributed by atoms with Gasteiger partial charge in [-0.25, -0.2) is 0 Å². The molecule has 0 saturated carbocycles. The highest BCUT2D eigenvalue weighted by Crippen LogP contribution is 2.55. The molecule has 2 unspecified atom stereocenters. The monoisotopic (exact) mass is 628 g/mol. The van der Waals surface area contributed by atoms with Crippen LogP contribution in [0.2, 0.25) is 0 Å². The summed E-state index contributed by atoms with van der Waals surface area (Å²) in [6.07, 6.45) is 16.0. The van der Waals surface area contributed by atoms with Gasteiger partial charge in [-0.3, -0.25) is 0 Å². The van der Waals surface area contributed by atoms with Crippen molar-refractivity contribution in [3.8, 4) is 29.0 Å². The van der Waals surface area contributed by atoms with E-state index in [2.05, 4.69) is 150 Å². The summed E-state index contributed by atoms with van der Waals surface area (Å²) in [6, 6.07) is 42.4. The third kappa shape index (κ3) is 4.50. The first kappa shape index (κ1) is 28.8. The van der Waals surface area contributed by atoms with Crippen molar-refractivity contribution in [2.75, 3.05) is 4.90 Å². The zero-order valence-corrected chi connectivity index (χ0v) is 27.1. The second kappa shape index (κ2) is 11.1. The molecular weight excluding hydrogens is 597 g/mol. The summed E-state index contributed by atoms with van der Waals surface area (Å²) in [6.45, 7) is 2.29. The molecule has 5 aromatic carbocycles. The Labute approximate surface area is 286 Å². The molecule has 1 aliphatic heterocycles. The number of hydrogen-bond acceptors (Lipinski definition) is 3.